The maximum atomic E-state index is 13.4. The van der Waals surface area contributed by atoms with Gasteiger partial charge in [0.2, 0.25) is 0 Å². The number of dihydropyridines is 1. The van der Waals surface area contributed by atoms with Gasteiger partial charge in [0.15, 0.2) is 23.9 Å². The van der Waals surface area contributed by atoms with E-state index in [0.29, 0.717) is 51.8 Å². The van der Waals surface area contributed by atoms with Crippen LogP contribution in [0.4, 0.5) is 0 Å². The van der Waals surface area contributed by atoms with E-state index in [-0.39, 0.29) is 12.4 Å². The van der Waals surface area contributed by atoms with Gasteiger partial charge in [0.25, 0.3) is 0 Å². The summed E-state index contributed by atoms with van der Waals surface area (Å²) in [5.74, 6) is -0.446. The van der Waals surface area contributed by atoms with Gasteiger partial charge in [-0.25, -0.2) is 4.79 Å². The van der Waals surface area contributed by atoms with E-state index < -0.39 is 11.9 Å². The average molecular weight is 430 g/mol. The molecule has 0 radical (unpaired) electrons. The number of nitrogens with zero attached hydrogens (tertiary/aromatic N) is 1. The van der Waals surface area contributed by atoms with Crippen LogP contribution in [0.1, 0.15) is 41.3 Å². The van der Waals surface area contributed by atoms with Crippen molar-refractivity contribution in [2.75, 3.05) is 20.3 Å². The lowest BCUT2D eigenvalue weighted by molar-refractivity contribution is -0.136. The summed E-state index contributed by atoms with van der Waals surface area (Å²) in [7, 11) is 1.32. The van der Waals surface area contributed by atoms with Crippen LogP contribution in [0.15, 0.2) is 59.3 Å². The Balaban J connectivity index is 1.90. The van der Waals surface area contributed by atoms with Crippen molar-refractivity contribution < 1.29 is 23.8 Å². The summed E-state index contributed by atoms with van der Waals surface area (Å²) in [5, 5.41) is 12.1. The number of ketones is 1. The van der Waals surface area contributed by atoms with Crippen LogP contribution >= 0.6 is 0 Å². The van der Waals surface area contributed by atoms with E-state index in [2.05, 4.69) is 5.32 Å². The van der Waals surface area contributed by atoms with Crippen LogP contribution in [0.3, 0.4) is 0 Å². The van der Waals surface area contributed by atoms with Crippen molar-refractivity contribution >= 4 is 17.4 Å². The van der Waals surface area contributed by atoms with Crippen LogP contribution in [-0.2, 0) is 9.53 Å². The fraction of sp³-hybridized carbons (Fsp3) is 0.240. The topological polar surface area (TPSA) is 97.7 Å². The molecular formula is C25H22N2O5. The van der Waals surface area contributed by atoms with Gasteiger partial charge in [0.1, 0.15) is 6.07 Å². The summed E-state index contributed by atoms with van der Waals surface area (Å²) in [6, 6.07) is 14.5. The molecule has 1 atom stereocenters. The molecule has 0 saturated carbocycles. The zero-order chi connectivity index (χ0) is 22.8. The van der Waals surface area contributed by atoms with Crippen LogP contribution in [0.2, 0.25) is 0 Å². The number of fused-ring (bicyclic) bond motifs is 2. The Hall–Kier alpha value is -4.05. The molecule has 1 N–H and O–H groups in total. The van der Waals surface area contributed by atoms with Gasteiger partial charge < -0.3 is 19.5 Å². The minimum atomic E-state index is -0.650. The third-order valence-corrected chi connectivity index (χ3v) is 5.55. The first-order chi connectivity index (χ1) is 15.5. The van der Waals surface area contributed by atoms with Crippen molar-refractivity contribution in [1.82, 2.24) is 5.32 Å². The number of ether oxygens (including phenoxy) is 3. The minimum Gasteiger partial charge on any atom is -0.490 e. The molecule has 0 bridgehead atoms. The normalized spacial score (nSPS) is 16.7. The molecule has 7 nitrogen and oxygen atoms in total. The number of esters is 1. The highest BCUT2D eigenvalue weighted by Gasteiger charge is 2.43. The van der Waals surface area contributed by atoms with Crippen LogP contribution in [0, 0.1) is 11.3 Å². The van der Waals surface area contributed by atoms with E-state index in [1.54, 1.807) is 31.2 Å². The summed E-state index contributed by atoms with van der Waals surface area (Å²) in [6.07, 6.45) is 0. The van der Waals surface area contributed by atoms with Crippen molar-refractivity contribution in [1.29, 1.82) is 5.26 Å². The van der Waals surface area contributed by atoms with E-state index in [1.807, 2.05) is 31.2 Å². The van der Waals surface area contributed by atoms with E-state index >= 15 is 0 Å². The highest BCUT2D eigenvalue weighted by molar-refractivity contribution is 6.23. The SMILES string of the molecule is CCOc1cc([C@H]2C(C(=O)OC)=C(C)NC3=C2C(=O)c2ccccc23)ccc1OCC#N. The maximum Gasteiger partial charge on any atom is 0.336 e. The van der Waals surface area contributed by atoms with E-state index in [4.69, 9.17) is 19.5 Å². The molecule has 4 rings (SSSR count). The molecule has 0 amide bonds. The molecule has 0 unspecified atom stereocenters. The van der Waals surface area contributed by atoms with Crippen LogP contribution in [0.5, 0.6) is 11.5 Å². The molecule has 2 aliphatic rings. The zero-order valence-electron chi connectivity index (χ0n) is 18.0. The Morgan fingerprint density at radius 3 is 2.56 bits per heavy atom. The molecule has 2 aromatic rings. The molecule has 2 aromatic carbocycles. The summed E-state index contributed by atoms with van der Waals surface area (Å²) in [6.45, 7) is 3.90. The standard InChI is InChI=1S/C25H22N2O5/c1-4-31-19-13-15(9-10-18(19)32-12-11-26)21-20(25(29)30-3)14(2)27-23-16-7-5-6-8-17(16)24(28)22(21)23/h5-10,13,21,27H,4,12H2,1-3H3/t21-/m0/s1. The second kappa shape index (κ2) is 8.60. The minimum absolute atomic E-state index is 0.123. The summed E-state index contributed by atoms with van der Waals surface area (Å²) < 4.78 is 16.3. The van der Waals surface area contributed by atoms with Crippen LogP contribution < -0.4 is 14.8 Å². The molecule has 0 fully saturated rings. The first kappa shape index (κ1) is 21.2. The maximum absolute atomic E-state index is 13.4. The largest absolute Gasteiger partial charge is 0.490 e. The predicted octanol–water partition coefficient (Wildman–Crippen LogP) is 3.73. The number of carbonyl (C=O) groups is 2. The number of nitriles is 1. The van der Waals surface area contributed by atoms with E-state index in [0.717, 1.165) is 5.56 Å². The number of allylic oxidation sites excluding steroid dienone is 2. The number of hydrogen-bond acceptors (Lipinski definition) is 7. The number of Topliss-reactive ketones (excluding diaryl/α,β-unsaturated/α-hetero) is 1. The molecular weight excluding hydrogens is 408 g/mol. The van der Waals surface area contributed by atoms with Gasteiger partial charge in [0, 0.05) is 28.3 Å². The zero-order valence-corrected chi connectivity index (χ0v) is 18.0. The molecule has 7 heteroatoms. The van der Waals surface area contributed by atoms with Crippen molar-refractivity contribution in [3.8, 4) is 17.6 Å². The second-order valence-electron chi connectivity index (χ2n) is 7.34. The Kier molecular flexibility index (Phi) is 5.69. The Morgan fingerprint density at radius 1 is 1.12 bits per heavy atom. The van der Waals surface area contributed by atoms with Crippen LogP contribution in [-0.4, -0.2) is 32.1 Å². The number of hydrogen-bond donors (Lipinski definition) is 1. The van der Waals surface area contributed by atoms with Gasteiger partial charge in [-0.05, 0) is 31.5 Å². The summed E-state index contributed by atoms with van der Waals surface area (Å²) >= 11 is 0. The van der Waals surface area contributed by atoms with Crippen molar-refractivity contribution in [3.05, 3.63) is 76.0 Å². The first-order valence-electron chi connectivity index (χ1n) is 10.2. The van der Waals surface area contributed by atoms with Gasteiger partial charge in [-0.2, -0.15) is 5.26 Å². The summed E-state index contributed by atoms with van der Waals surface area (Å²) in [4.78, 5) is 26.2. The van der Waals surface area contributed by atoms with Crippen molar-refractivity contribution in [2.24, 2.45) is 0 Å². The van der Waals surface area contributed by atoms with Gasteiger partial charge in [-0.3, -0.25) is 4.79 Å². The molecule has 0 spiro atoms. The van der Waals surface area contributed by atoms with E-state index in [1.165, 1.54) is 7.11 Å². The number of carbonyl (C=O) groups excluding carboxylic acids is 2. The molecule has 1 heterocycles. The average Bonchev–Trinajstić information content (AvgIpc) is 3.09. The quantitative estimate of drug-likeness (QED) is 0.698. The highest BCUT2D eigenvalue weighted by Crippen LogP contribution is 2.47. The monoisotopic (exact) mass is 430 g/mol. The number of benzene rings is 2. The lowest BCUT2D eigenvalue weighted by Gasteiger charge is -2.29. The van der Waals surface area contributed by atoms with Crippen LogP contribution in [0.25, 0.3) is 5.70 Å². The number of rotatable bonds is 6. The Bertz CT molecular complexity index is 1220. The first-order valence-corrected chi connectivity index (χ1v) is 10.2. The fourth-order valence-electron chi connectivity index (χ4n) is 4.24. The molecule has 32 heavy (non-hydrogen) atoms. The number of methoxy groups -OCH3 is 1. The number of nitrogens with one attached hydrogen (secondary N) is 1. The third-order valence-electron chi connectivity index (χ3n) is 5.55. The Labute approximate surface area is 185 Å². The summed E-state index contributed by atoms with van der Waals surface area (Å²) in [5.41, 5.74) is 4.25. The van der Waals surface area contributed by atoms with Crippen molar-refractivity contribution in [3.63, 3.8) is 0 Å². The van der Waals surface area contributed by atoms with Gasteiger partial charge in [-0.1, -0.05) is 30.3 Å². The molecule has 162 valence electrons. The van der Waals surface area contributed by atoms with Crippen molar-refractivity contribution in [2.45, 2.75) is 19.8 Å². The third kappa shape index (κ3) is 3.40. The fourth-order valence-corrected chi connectivity index (χ4v) is 4.24. The molecule has 1 aliphatic heterocycles. The van der Waals surface area contributed by atoms with Gasteiger partial charge in [-0.15, -0.1) is 0 Å². The molecule has 0 aromatic heterocycles. The predicted molar refractivity (Wildman–Crippen MR) is 117 cm³/mol. The van der Waals surface area contributed by atoms with Gasteiger partial charge in [0.05, 0.1) is 25.0 Å². The smallest absolute Gasteiger partial charge is 0.336 e. The highest BCUT2D eigenvalue weighted by atomic mass is 16.5. The second-order valence-corrected chi connectivity index (χ2v) is 7.34. The molecule has 1 aliphatic carbocycles. The van der Waals surface area contributed by atoms with E-state index in [9.17, 15) is 9.59 Å². The van der Waals surface area contributed by atoms with Gasteiger partial charge >= 0.3 is 5.97 Å². The molecule has 0 saturated heterocycles. The lowest BCUT2D eigenvalue weighted by atomic mass is 9.79. The lowest BCUT2D eigenvalue weighted by Crippen LogP contribution is -2.29. The Morgan fingerprint density at radius 2 is 1.88 bits per heavy atom.